The van der Waals surface area contributed by atoms with Gasteiger partial charge in [-0.1, -0.05) is 42.5 Å². The lowest BCUT2D eigenvalue weighted by Crippen LogP contribution is -2.51. The predicted octanol–water partition coefficient (Wildman–Crippen LogP) is 5.70. The van der Waals surface area contributed by atoms with Crippen molar-refractivity contribution in [2.45, 2.75) is 33.8 Å². The third-order valence-corrected chi connectivity index (χ3v) is 9.53. The minimum atomic E-state index is -1.23. The lowest BCUT2D eigenvalue weighted by molar-refractivity contribution is 0.0532. The van der Waals surface area contributed by atoms with Gasteiger partial charge in [-0.05, 0) is 63.6 Å². The first-order chi connectivity index (χ1) is 24.1. The van der Waals surface area contributed by atoms with Gasteiger partial charge in [-0.3, -0.25) is 14.4 Å². The normalized spacial score (nSPS) is 13.5. The van der Waals surface area contributed by atoms with E-state index in [1.54, 1.807) is 88.7 Å². The summed E-state index contributed by atoms with van der Waals surface area (Å²) in [6.45, 7) is 12.1. The number of hydrogen-bond donors (Lipinski definition) is 3. The Hall–Kier alpha value is -5.35. The number of anilines is 2. The zero-order valence-electron chi connectivity index (χ0n) is 29.2. The van der Waals surface area contributed by atoms with Crippen molar-refractivity contribution in [3.63, 3.8) is 0 Å². The molecule has 50 heavy (non-hydrogen) atoms. The Morgan fingerprint density at radius 1 is 0.580 bits per heavy atom. The maximum atomic E-state index is 13.8. The Labute approximate surface area is 293 Å². The average molecular weight is 679 g/mol. The topological polar surface area (TPSA) is 125 Å². The number of ketones is 1. The van der Waals surface area contributed by atoms with E-state index in [0.717, 1.165) is 37.6 Å². The number of benzene rings is 4. The summed E-state index contributed by atoms with van der Waals surface area (Å²) in [4.78, 5) is 48.7. The predicted molar refractivity (Wildman–Crippen MR) is 196 cm³/mol. The maximum absolute atomic E-state index is 13.8. The van der Waals surface area contributed by atoms with E-state index in [0.29, 0.717) is 16.7 Å². The second-order valence-electron chi connectivity index (χ2n) is 12.2. The first kappa shape index (κ1) is 35.9. The molecule has 1 saturated heterocycles. The van der Waals surface area contributed by atoms with E-state index in [-0.39, 0.29) is 66.2 Å². The quantitative estimate of drug-likeness (QED) is 0.163. The van der Waals surface area contributed by atoms with Crippen LogP contribution in [-0.4, -0.2) is 95.1 Å². The third kappa shape index (κ3) is 7.30. The van der Waals surface area contributed by atoms with E-state index in [1.165, 1.54) is 0 Å². The number of amides is 2. The van der Waals surface area contributed by atoms with E-state index in [9.17, 15) is 29.7 Å². The van der Waals surface area contributed by atoms with Crippen LogP contribution in [0.4, 0.5) is 11.4 Å². The fraction of sp³-hybridized carbons (Fsp3) is 0.325. The molecule has 3 N–H and O–H groups in total. The Morgan fingerprint density at radius 3 is 1.56 bits per heavy atom. The molecule has 0 bridgehead atoms. The highest BCUT2D eigenvalue weighted by Crippen LogP contribution is 2.35. The van der Waals surface area contributed by atoms with Crippen molar-refractivity contribution in [3.05, 3.63) is 118 Å². The van der Waals surface area contributed by atoms with Crippen LogP contribution in [0.1, 0.15) is 81.6 Å². The summed E-state index contributed by atoms with van der Waals surface area (Å²) >= 11 is 0. The molecule has 4 aromatic carbocycles. The molecule has 0 saturated carbocycles. The first-order valence-corrected chi connectivity index (χ1v) is 17.3. The summed E-state index contributed by atoms with van der Waals surface area (Å²) in [6, 6.07) is 23.5. The van der Waals surface area contributed by atoms with Gasteiger partial charge >= 0.3 is 0 Å². The molecule has 1 unspecified atom stereocenters. The lowest BCUT2D eigenvalue weighted by Gasteiger charge is -2.35. The maximum Gasteiger partial charge on any atom is 0.254 e. The van der Waals surface area contributed by atoms with Crippen molar-refractivity contribution in [1.82, 2.24) is 9.80 Å². The number of aliphatic hydroxyl groups is 1. The summed E-state index contributed by atoms with van der Waals surface area (Å²) in [5.41, 5.74) is 3.18. The largest absolute Gasteiger partial charge is 0.507 e. The number of aliphatic hydroxyl groups excluding tert-OH is 1. The number of rotatable bonds is 12. The molecule has 10 nitrogen and oxygen atoms in total. The van der Waals surface area contributed by atoms with Gasteiger partial charge in [0.15, 0.2) is 5.78 Å². The SMILES string of the molecule is CCN(CC)c1ccc(C(=O)c2ccccc2C(=O)N2CCN(C(=O)c3ccccc3C(O)c3ccc(N(CC)CC)cc3O)CC2)c(O)c1. The summed E-state index contributed by atoms with van der Waals surface area (Å²) in [6.07, 6.45) is -1.23. The molecule has 1 aliphatic heterocycles. The fourth-order valence-corrected chi connectivity index (χ4v) is 6.61. The van der Waals surface area contributed by atoms with Crippen molar-refractivity contribution in [1.29, 1.82) is 0 Å². The van der Waals surface area contributed by atoms with Gasteiger partial charge < -0.3 is 34.9 Å². The number of hydrogen-bond acceptors (Lipinski definition) is 8. The lowest BCUT2D eigenvalue weighted by atomic mass is 9.95. The van der Waals surface area contributed by atoms with Crippen molar-refractivity contribution in [2.24, 2.45) is 0 Å². The number of phenolic OH excluding ortho intramolecular Hbond substituents is 2. The summed E-state index contributed by atoms with van der Waals surface area (Å²) in [7, 11) is 0. The molecule has 0 aliphatic carbocycles. The molecule has 262 valence electrons. The van der Waals surface area contributed by atoms with Crippen LogP contribution in [0.2, 0.25) is 0 Å². The molecule has 0 spiro atoms. The number of nitrogens with zero attached hydrogens (tertiary/aromatic N) is 4. The number of carbonyl (C=O) groups is 3. The van der Waals surface area contributed by atoms with Crippen LogP contribution < -0.4 is 9.80 Å². The molecule has 0 aromatic heterocycles. The zero-order chi connectivity index (χ0) is 35.9. The van der Waals surface area contributed by atoms with Crippen molar-refractivity contribution in [2.75, 3.05) is 62.2 Å². The molecular weight excluding hydrogens is 632 g/mol. The highest BCUT2D eigenvalue weighted by molar-refractivity contribution is 6.16. The van der Waals surface area contributed by atoms with Crippen LogP contribution in [0.5, 0.6) is 11.5 Å². The monoisotopic (exact) mass is 678 g/mol. The van der Waals surface area contributed by atoms with Gasteiger partial charge in [-0.25, -0.2) is 0 Å². The van der Waals surface area contributed by atoms with Gasteiger partial charge in [0.2, 0.25) is 0 Å². The van der Waals surface area contributed by atoms with E-state index in [4.69, 9.17) is 0 Å². The summed E-state index contributed by atoms with van der Waals surface area (Å²) in [5, 5.41) is 33.0. The van der Waals surface area contributed by atoms with Crippen LogP contribution in [0.25, 0.3) is 0 Å². The highest BCUT2D eigenvalue weighted by Gasteiger charge is 2.30. The minimum absolute atomic E-state index is 0.0538. The van der Waals surface area contributed by atoms with Gasteiger partial charge in [-0.15, -0.1) is 0 Å². The fourth-order valence-electron chi connectivity index (χ4n) is 6.61. The van der Waals surface area contributed by atoms with E-state index in [2.05, 4.69) is 9.80 Å². The molecule has 1 fully saturated rings. The molecule has 1 heterocycles. The Kier molecular flexibility index (Phi) is 11.4. The Balaban J connectivity index is 1.29. The van der Waals surface area contributed by atoms with Gasteiger partial charge in [0, 0.05) is 92.6 Å². The molecule has 0 radical (unpaired) electrons. The number of phenols is 2. The van der Waals surface area contributed by atoms with E-state index in [1.807, 2.05) is 33.8 Å². The van der Waals surface area contributed by atoms with Crippen molar-refractivity contribution in [3.8, 4) is 11.5 Å². The van der Waals surface area contributed by atoms with Crippen LogP contribution in [0.15, 0.2) is 84.9 Å². The molecule has 4 aromatic rings. The molecule has 10 heteroatoms. The van der Waals surface area contributed by atoms with Crippen LogP contribution in [-0.2, 0) is 0 Å². The average Bonchev–Trinajstić information content (AvgIpc) is 3.15. The zero-order valence-corrected chi connectivity index (χ0v) is 29.2. The van der Waals surface area contributed by atoms with Crippen molar-refractivity contribution >= 4 is 29.0 Å². The van der Waals surface area contributed by atoms with E-state index < -0.39 is 11.9 Å². The summed E-state index contributed by atoms with van der Waals surface area (Å²) < 4.78 is 0. The second-order valence-corrected chi connectivity index (χ2v) is 12.2. The van der Waals surface area contributed by atoms with Gasteiger partial charge in [0.25, 0.3) is 11.8 Å². The van der Waals surface area contributed by atoms with Crippen LogP contribution in [0.3, 0.4) is 0 Å². The minimum Gasteiger partial charge on any atom is -0.507 e. The molecule has 1 atom stereocenters. The molecular formula is C40H46N4O6. The number of carbonyl (C=O) groups excluding carboxylic acids is 3. The first-order valence-electron chi connectivity index (χ1n) is 17.3. The third-order valence-electron chi connectivity index (χ3n) is 9.53. The Morgan fingerprint density at radius 2 is 1.04 bits per heavy atom. The smallest absolute Gasteiger partial charge is 0.254 e. The summed E-state index contributed by atoms with van der Waals surface area (Å²) in [5.74, 6) is -1.27. The molecule has 1 aliphatic rings. The van der Waals surface area contributed by atoms with Gasteiger partial charge in [-0.2, -0.15) is 0 Å². The van der Waals surface area contributed by atoms with Gasteiger partial charge in [0.1, 0.15) is 17.6 Å². The number of aromatic hydroxyl groups is 2. The molecule has 5 rings (SSSR count). The highest BCUT2D eigenvalue weighted by atomic mass is 16.3. The Bertz CT molecular complexity index is 1840. The second kappa shape index (κ2) is 15.9. The van der Waals surface area contributed by atoms with Crippen molar-refractivity contribution < 1.29 is 29.7 Å². The molecule has 2 amide bonds. The van der Waals surface area contributed by atoms with Crippen LogP contribution in [0, 0.1) is 0 Å². The van der Waals surface area contributed by atoms with Gasteiger partial charge in [0.05, 0.1) is 11.1 Å². The standard InChI is InChI=1S/C40H46N4O6/c1-5-41(6-2)27-17-19-33(35(45)25-27)37(47)29-13-9-11-15-31(29)39(49)43-21-23-44(24-22-43)40(50)32-16-12-10-14-30(32)38(48)34-20-18-28(26-36(34)46)42(7-3)8-4/h9-20,25-26,37,45-47H,5-8,21-24H2,1-4H3. The van der Waals surface area contributed by atoms with E-state index >= 15 is 0 Å². The van der Waals surface area contributed by atoms with Crippen LogP contribution >= 0.6 is 0 Å². The number of piperazine rings is 1.